The summed E-state index contributed by atoms with van der Waals surface area (Å²) in [6.45, 7) is 1.87. The van der Waals surface area contributed by atoms with Gasteiger partial charge in [-0.3, -0.25) is 4.79 Å². The maximum Gasteiger partial charge on any atom is 0.227 e. The van der Waals surface area contributed by atoms with Gasteiger partial charge in [0.15, 0.2) is 0 Å². The number of nitrogens with zero attached hydrogens (tertiary/aromatic N) is 2. The first kappa shape index (κ1) is 13.6. The third-order valence-corrected chi connectivity index (χ3v) is 3.03. The van der Waals surface area contributed by atoms with Crippen LogP contribution in [-0.4, -0.2) is 23.9 Å². The second kappa shape index (κ2) is 6.31. The standard InChI is InChI=1S/C13H16N2OS/c1-10(7-8-14)15(2)13(16)9-11-3-5-12(17)6-4-11/h3-6,10,17H,7,9H2,1-2H3. The minimum absolute atomic E-state index is 0.0275. The zero-order valence-corrected chi connectivity index (χ0v) is 10.9. The third kappa shape index (κ3) is 4.12. The van der Waals surface area contributed by atoms with E-state index in [-0.39, 0.29) is 11.9 Å². The fraction of sp³-hybridized carbons (Fsp3) is 0.385. The number of hydrogen-bond acceptors (Lipinski definition) is 3. The smallest absolute Gasteiger partial charge is 0.227 e. The van der Waals surface area contributed by atoms with Gasteiger partial charge in [0, 0.05) is 18.0 Å². The lowest BCUT2D eigenvalue weighted by atomic mass is 10.1. The molecule has 17 heavy (non-hydrogen) atoms. The van der Waals surface area contributed by atoms with Gasteiger partial charge in [0.1, 0.15) is 0 Å². The maximum atomic E-state index is 11.9. The zero-order chi connectivity index (χ0) is 12.8. The van der Waals surface area contributed by atoms with E-state index in [1.165, 1.54) is 0 Å². The van der Waals surface area contributed by atoms with Gasteiger partial charge in [-0.25, -0.2) is 0 Å². The van der Waals surface area contributed by atoms with Crippen molar-refractivity contribution in [1.29, 1.82) is 5.26 Å². The van der Waals surface area contributed by atoms with Gasteiger partial charge in [-0.2, -0.15) is 5.26 Å². The van der Waals surface area contributed by atoms with Crippen LogP contribution in [0.2, 0.25) is 0 Å². The number of hydrogen-bond donors (Lipinski definition) is 1. The van der Waals surface area contributed by atoms with Crippen molar-refractivity contribution in [2.24, 2.45) is 0 Å². The van der Waals surface area contributed by atoms with Gasteiger partial charge in [0.2, 0.25) is 5.91 Å². The number of thiol groups is 1. The number of rotatable bonds is 4. The first-order valence-electron chi connectivity index (χ1n) is 5.45. The summed E-state index contributed by atoms with van der Waals surface area (Å²) in [5.74, 6) is 0.0275. The van der Waals surface area contributed by atoms with E-state index >= 15 is 0 Å². The minimum Gasteiger partial charge on any atom is -0.342 e. The van der Waals surface area contributed by atoms with Crippen molar-refractivity contribution in [3.8, 4) is 6.07 Å². The van der Waals surface area contributed by atoms with Gasteiger partial charge in [-0.05, 0) is 24.6 Å². The Morgan fingerprint density at radius 2 is 2.06 bits per heavy atom. The average molecular weight is 248 g/mol. The van der Waals surface area contributed by atoms with Gasteiger partial charge in [-0.15, -0.1) is 12.6 Å². The highest BCUT2D eigenvalue weighted by molar-refractivity contribution is 7.80. The van der Waals surface area contributed by atoms with E-state index in [0.29, 0.717) is 12.8 Å². The highest BCUT2D eigenvalue weighted by Crippen LogP contribution is 2.10. The molecule has 0 aliphatic rings. The number of nitriles is 1. The predicted octanol–water partition coefficient (Wildman–Crippen LogP) is 2.28. The Bertz CT molecular complexity index is 422. The molecule has 0 aliphatic heterocycles. The van der Waals surface area contributed by atoms with Crippen LogP contribution in [0.1, 0.15) is 18.9 Å². The molecular weight excluding hydrogens is 232 g/mol. The highest BCUT2D eigenvalue weighted by Gasteiger charge is 2.15. The van der Waals surface area contributed by atoms with E-state index in [1.54, 1.807) is 11.9 Å². The van der Waals surface area contributed by atoms with Crippen LogP contribution in [0.15, 0.2) is 29.2 Å². The SMILES string of the molecule is CC(CC#N)N(C)C(=O)Cc1ccc(S)cc1. The lowest BCUT2D eigenvalue weighted by molar-refractivity contribution is -0.130. The predicted molar refractivity (Wildman–Crippen MR) is 69.9 cm³/mol. The van der Waals surface area contributed by atoms with Gasteiger partial charge in [0.05, 0.1) is 18.9 Å². The summed E-state index contributed by atoms with van der Waals surface area (Å²) in [6.07, 6.45) is 0.720. The first-order chi connectivity index (χ1) is 8.04. The van der Waals surface area contributed by atoms with Gasteiger partial charge in [0.25, 0.3) is 0 Å². The molecule has 1 atom stereocenters. The van der Waals surface area contributed by atoms with E-state index in [2.05, 4.69) is 18.7 Å². The summed E-state index contributed by atoms with van der Waals surface area (Å²) in [7, 11) is 1.73. The molecule has 1 aromatic rings. The highest BCUT2D eigenvalue weighted by atomic mass is 32.1. The summed E-state index contributed by atoms with van der Waals surface area (Å²) in [5, 5.41) is 8.59. The van der Waals surface area contributed by atoms with E-state index in [1.807, 2.05) is 31.2 Å². The molecular formula is C13H16N2OS. The lowest BCUT2D eigenvalue weighted by Crippen LogP contribution is -2.35. The molecule has 0 bridgehead atoms. The molecule has 0 aromatic heterocycles. The molecule has 0 spiro atoms. The molecule has 0 heterocycles. The summed E-state index contributed by atoms with van der Waals surface area (Å²) in [4.78, 5) is 14.4. The van der Waals surface area contributed by atoms with Crippen molar-refractivity contribution in [3.05, 3.63) is 29.8 Å². The van der Waals surface area contributed by atoms with Crippen LogP contribution >= 0.6 is 12.6 Å². The molecule has 0 aliphatic carbocycles. The van der Waals surface area contributed by atoms with E-state index in [9.17, 15) is 4.79 Å². The van der Waals surface area contributed by atoms with Gasteiger partial charge >= 0.3 is 0 Å². The Morgan fingerprint density at radius 1 is 1.47 bits per heavy atom. The van der Waals surface area contributed by atoms with Gasteiger partial charge < -0.3 is 4.90 Å². The Hall–Kier alpha value is -1.47. The molecule has 1 aromatic carbocycles. The molecule has 0 saturated heterocycles. The maximum absolute atomic E-state index is 11.9. The molecule has 0 fully saturated rings. The summed E-state index contributed by atoms with van der Waals surface area (Å²) >= 11 is 4.19. The van der Waals surface area contributed by atoms with Gasteiger partial charge in [-0.1, -0.05) is 12.1 Å². The number of amides is 1. The normalized spacial score (nSPS) is 11.6. The number of carbonyl (C=O) groups excluding carboxylic acids is 1. The van der Waals surface area contributed by atoms with Crippen molar-refractivity contribution in [1.82, 2.24) is 4.90 Å². The average Bonchev–Trinajstić information content (AvgIpc) is 2.31. The molecule has 3 nitrogen and oxygen atoms in total. The Labute approximate surface area is 107 Å². The van der Waals surface area contributed by atoms with E-state index < -0.39 is 0 Å². The van der Waals surface area contributed by atoms with Crippen LogP contribution in [0.5, 0.6) is 0 Å². The zero-order valence-electron chi connectivity index (χ0n) is 10.1. The monoisotopic (exact) mass is 248 g/mol. The fourth-order valence-electron chi connectivity index (χ4n) is 1.43. The van der Waals surface area contributed by atoms with Crippen molar-refractivity contribution >= 4 is 18.5 Å². The Morgan fingerprint density at radius 3 is 2.59 bits per heavy atom. The second-order valence-electron chi connectivity index (χ2n) is 4.06. The molecule has 4 heteroatoms. The molecule has 1 amide bonds. The molecule has 0 saturated carbocycles. The van der Waals surface area contributed by atoms with Crippen molar-refractivity contribution in [2.75, 3.05) is 7.05 Å². The largest absolute Gasteiger partial charge is 0.342 e. The van der Waals surface area contributed by atoms with Crippen LogP contribution in [0, 0.1) is 11.3 Å². The summed E-state index contributed by atoms with van der Waals surface area (Å²) < 4.78 is 0. The molecule has 0 radical (unpaired) electrons. The molecule has 90 valence electrons. The van der Waals surface area contributed by atoms with Crippen LogP contribution < -0.4 is 0 Å². The number of benzene rings is 1. The fourth-order valence-corrected chi connectivity index (χ4v) is 1.58. The van der Waals surface area contributed by atoms with Crippen molar-refractivity contribution in [2.45, 2.75) is 30.7 Å². The number of likely N-dealkylation sites (N-methyl/N-ethyl adjacent to an activating group) is 1. The molecule has 1 rings (SSSR count). The Balaban J connectivity index is 2.60. The van der Waals surface area contributed by atoms with E-state index in [0.717, 1.165) is 10.5 Å². The van der Waals surface area contributed by atoms with Crippen LogP contribution in [0.3, 0.4) is 0 Å². The molecule has 0 N–H and O–H groups in total. The summed E-state index contributed by atoms with van der Waals surface area (Å²) in [6, 6.07) is 9.54. The first-order valence-corrected chi connectivity index (χ1v) is 5.90. The van der Waals surface area contributed by atoms with E-state index in [4.69, 9.17) is 5.26 Å². The van der Waals surface area contributed by atoms with Crippen LogP contribution in [-0.2, 0) is 11.2 Å². The quantitative estimate of drug-likeness (QED) is 0.831. The Kier molecular flexibility index (Phi) is 5.05. The molecule has 1 unspecified atom stereocenters. The number of carbonyl (C=O) groups is 1. The van der Waals surface area contributed by atoms with Crippen LogP contribution in [0.25, 0.3) is 0 Å². The topological polar surface area (TPSA) is 44.1 Å². The van der Waals surface area contributed by atoms with Crippen LogP contribution in [0.4, 0.5) is 0 Å². The van der Waals surface area contributed by atoms with Crippen molar-refractivity contribution in [3.63, 3.8) is 0 Å². The summed E-state index contributed by atoms with van der Waals surface area (Å²) in [5.41, 5.74) is 0.962. The van der Waals surface area contributed by atoms with Crippen molar-refractivity contribution < 1.29 is 4.79 Å². The third-order valence-electron chi connectivity index (χ3n) is 2.73. The lowest BCUT2D eigenvalue weighted by Gasteiger charge is -2.23. The second-order valence-corrected chi connectivity index (χ2v) is 4.58. The minimum atomic E-state index is -0.0448.